The highest BCUT2D eigenvalue weighted by molar-refractivity contribution is 5.84. The highest BCUT2D eigenvalue weighted by atomic mass is 16.7. The molecule has 0 aromatic rings. The van der Waals surface area contributed by atoms with Gasteiger partial charge < -0.3 is 29.7 Å². The third kappa shape index (κ3) is 7.45. The summed E-state index contributed by atoms with van der Waals surface area (Å²) >= 11 is 0. The SMILES string of the molecule is COCCOCCNC(=O)C1(O)CCC=CC(OC(=O)O)CC1. The van der Waals surface area contributed by atoms with Crippen LogP contribution in [0, 0.1) is 0 Å². The van der Waals surface area contributed by atoms with Crippen LogP contribution < -0.4 is 5.32 Å². The first-order chi connectivity index (χ1) is 11.0. The molecule has 0 saturated heterocycles. The van der Waals surface area contributed by atoms with Crippen molar-refractivity contribution in [2.45, 2.75) is 37.4 Å². The number of aliphatic hydroxyl groups is 1. The summed E-state index contributed by atoms with van der Waals surface area (Å²) in [5, 5.41) is 21.8. The molecule has 8 heteroatoms. The van der Waals surface area contributed by atoms with E-state index in [0.29, 0.717) is 26.2 Å². The first-order valence-corrected chi connectivity index (χ1v) is 7.61. The summed E-state index contributed by atoms with van der Waals surface area (Å²) in [5.41, 5.74) is -1.53. The summed E-state index contributed by atoms with van der Waals surface area (Å²) in [5.74, 6) is -0.475. The Morgan fingerprint density at radius 2 is 2.09 bits per heavy atom. The van der Waals surface area contributed by atoms with Crippen LogP contribution in [0.4, 0.5) is 4.79 Å². The van der Waals surface area contributed by atoms with E-state index in [1.54, 1.807) is 19.3 Å². The van der Waals surface area contributed by atoms with Crippen LogP contribution in [0.1, 0.15) is 25.7 Å². The molecule has 8 nitrogen and oxygen atoms in total. The number of carbonyl (C=O) groups is 2. The second-order valence-electron chi connectivity index (χ2n) is 5.32. The van der Waals surface area contributed by atoms with Crippen molar-refractivity contribution in [3.05, 3.63) is 12.2 Å². The Labute approximate surface area is 135 Å². The normalized spacial score (nSPS) is 24.5. The van der Waals surface area contributed by atoms with E-state index in [2.05, 4.69) is 5.32 Å². The minimum Gasteiger partial charge on any atom is -0.450 e. The molecule has 1 aliphatic carbocycles. The van der Waals surface area contributed by atoms with E-state index < -0.39 is 23.8 Å². The Morgan fingerprint density at radius 3 is 2.78 bits per heavy atom. The van der Waals surface area contributed by atoms with Crippen LogP contribution in [0.5, 0.6) is 0 Å². The standard InChI is InChI=1S/C15H25NO7/c1-21-10-11-22-9-8-16-13(17)15(20)6-3-2-4-12(5-7-15)23-14(18)19/h2,4,12,20H,3,5-11H2,1H3,(H,16,17)(H,18,19). The molecule has 0 bridgehead atoms. The number of carboxylic acid groups (broad SMARTS) is 1. The van der Waals surface area contributed by atoms with Gasteiger partial charge in [-0.3, -0.25) is 4.79 Å². The van der Waals surface area contributed by atoms with Crippen LogP contribution in [0.3, 0.4) is 0 Å². The van der Waals surface area contributed by atoms with Gasteiger partial charge in [0.05, 0.1) is 19.8 Å². The molecule has 0 spiro atoms. The van der Waals surface area contributed by atoms with Crippen LogP contribution in [0.2, 0.25) is 0 Å². The van der Waals surface area contributed by atoms with Gasteiger partial charge in [-0.1, -0.05) is 6.08 Å². The first-order valence-electron chi connectivity index (χ1n) is 7.61. The Balaban J connectivity index is 2.41. The number of methoxy groups -OCH3 is 1. The third-order valence-electron chi connectivity index (χ3n) is 3.56. The van der Waals surface area contributed by atoms with Crippen molar-refractivity contribution in [2.24, 2.45) is 0 Å². The second-order valence-corrected chi connectivity index (χ2v) is 5.32. The minimum absolute atomic E-state index is 0.131. The van der Waals surface area contributed by atoms with Crippen LogP contribution in [0.25, 0.3) is 0 Å². The molecule has 2 atom stereocenters. The maximum atomic E-state index is 12.2. The Kier molecular flexibility index (Phi) is 8.60. The molecule has 0 aromatic heterocycles. The molecule has 0 aromatic carbocycles. The van der Waals surface area contributed by atoms with Gasteiger partial charge in [0.2, 0.25) is 0 Å². The number of carbonyl (C=O) groups excluding carboxylic acids is 1. The van der Waals surface area contributed by atoms with E-state index in [1.165, 1.54) is 0 Å². The predicted molar refractivity (Wildman–Crippen MR) is 81.2 cm³/mol. The van der Waals surface area contributed by atoms with Gasteiger partial charge in [0.15, 0.2) is 0 Å². The van der Waals surface area contributed by atoms with Gasteiger partial charge in [-0.2, -0.15) is 0 Å². The zero-order chi connectivity index (χ0) is 17.1. The largest absolute Gasteiger partial charge is 0.506 e. The lowest BCUT2D eigenvalue weighted by Crippen LogP contribution is -2.48. The highest BCUT2D eigenvalue weighted by Gasteiger charge is 2.36. The van der Waals surface area contributed by atoms with E-state index >= 15 is 0 Å². The molecule has 3 N–H and O–H groups in total. The maximum absolute atomic E-state index is 12.2. The quantitative estimate of drug-likeness (QED) is 0.340. The molecule has 0 saturated carbocycles. The molecule has 0 aliphatic heterocycles. The lowest BCUT2D eigenvalue weighted by Gasteiger charge is -2.29. The Bertz CT molecular complexity index is 413. The van der Waals surface area contributed by atoms with Gasteiger partial charge in [-0.25, -0.2) is 4.79 Å². The third-order valence-corrected chi connectivity index (χ3v) is 3.56. The summed E-state index contributed by atoms with van der Waals surface area (Å²) < 4.78 is 14.8. The fourth-order valence-electron chi connectivity index (χ4n) is 2.27. The fourth-order valence-corrected chi connectivity index (χ4v) is 2.27. The molecule has 1 amide bonds. The second kappa shape index (κ2) is 10.2. The van der Waals surface area contributed by atoms with E-state index in [0.717, 1.165) is 0 Å². The highest BCUT2D eigenvalue weighted by Crippen LogP contribution is 2.25. The van der Waals surface area contributed by atoms with Gasteiger partial charge in [0.25, 0.3) is 5.91 Å². The van der Waals surface area contributed by atoms with E-state index in [9.17, 15) is 14.7 Å². The van der Waals surface area contributed by atoms with Gasteiger partial charge in [-0.05, 0) is 31.8 Å². The number of rotatable bonds is 8. The minimum atomic E-state index is -1.53. The molecule has 1 aliphatic rings. The number of amides is 1. The van der Waals surface area contributed by atoms with Gasteiger partial charge in [0, 0.05) is 13.7 Å². The summed E-state index contributed by atoms with van der Waals surface area (Å²) in [6, 6.07) is 0. The number of nitrogens with one attached hydrogen (secondary N) is 1. The molecular weight excluding hydrogens is 306 g/mol. The zero-order valence-corrected chi connectivity index (χ0v) is 13.3. The zero-order valence-electron chi connectivity index (χ0n) is 13.3. The van der Waals surface area contributed by atoms with Gasteiger partial charge in [0.1, 0.15) is 11.7 Å². The lowest BCUT2D eigenvalue weighted by atomic mass is 9.87. The van der Waals surface area contributed by atoms with Gasteiger partial charge in [-0.15, -0.1) is 0 Å². The number of hydrogen-bond donors (Lipinski definition) is 3. The van der Waals surface area contributed by atoms with Crippen molar-refractivity contribution in [3.63, 3.8) is 0 Å². The van der Waals surface area contributed by atoms with E-state index in [4.69, 9.17) is 19.3 Å². The molecule has 0 radical (unpaired) electrons. The first kappa shape index (κ1) is 19.4. The van der Waals surface area contributed by atoms with Crippen molar-refractivity contribution in [2.75, 3.05) is 33.5 Å². The predicted octanol–water partition coefficient (Wildman–Crippen LogP) is 0.690. The molecule has 1 rings (SSSR count). The summed E-state index contributed by atoms with van der Waals surface area (Å²) in [6.07, 6.45) is 2.47. The number of allylic oxidation sites excluding steroid dienone is 1. The molecule has 132 valence electrons. The maximum Gasteiger partial charge on any atom is 0.506 e. The summed E-state index contributed by atoms with van der Waals surface area (Å²) in [6.45, 7) is 1.54. The molecular formula is C15H25NO7. The van der Waals surface area contributed by atoms with Crippen molar-refractivity contribution in [3.8, 4) is 0 Å². The number of ether oxygens (including phenoxy) is 3. The fraction of sp³-hybridized carbons (Fsp3) is 0.733. The van der Waals surface area contributed by atoms with Crippen LogP contribution in [0.15, 0.2) is 12.2 Å². The van der Waals surface area contributed by atoms with Crippen molar-refractivity contribution in [1.82, 2.24) is 5.32 Å². The van der Waals surface area contributed by atoms with Crippen LogP contribution in [-0.2, 0) is 19.0 Å². The van der Waals surface area contributed by atoms with Crippen LogP contribution >= 0.6 is 0 Å². The van der Waals surface area contributed by atoms with Gasteiger partial charge >= 0.3 is 6.16 Å². The van der Waals surface area contributed by atoms with E-state index in [1.807, 2.05) is 0 Å². The lowest BCUT2D eigenvalue weighted by molar-refractivity contribution is -0.142. The van der Waals surface area contributed by atoms with Crippen molar-refractivity contribution >= 4 is 12.1 Å². The number of hydrogen-bond acceptors (Lipinski definition) is 6. The topological polar surface area (TPSA) is 114 Å². The molecule has 0 fully saturated rings. The monoisotopic (exact) mass is 331 g/mol. The average Bonchev–Trinajstić information content (AvgIpc) is 2.49. The van der Waals surface area contributed by atoms with Crippen molar-refractivity contribution in [1.29, 1.82) is 0 Å². The molecule has 23 heavy (non-hydrogen) atoms. The van der Waals surface area contributed by atoms with E-state index in [-0.39, 0.29) is 25.8 Å². The Hall–Kier alpha value is -1.64. The smallest absolute Gasteiger partial charge is 0.450 e. The average molecular weight is 331 g/mol. The van der Waals surface area contributed by atoms with Crippen molar-refractivity contribution < 1.29 is 34.0 Å². The Morgan fingerprint density at radius 1 is 1.30 bits per heavy atom. The van der Waals surface area contributed by atoms with Crippen LogP contribution in [-0.4, -0.2) is 67.5 Å². The molecule has 0 heterocycles. The summed E-state index contributed by atoms with van der Waals surface area (Å²) in [4.78, 5) is 22.8. The molecule has 2 unspecified atom stereocenters. The summed E-state index contributed by atoms with van der Waals surface area (Å²) in [7, 11) is 1.57.